The summed E-state index contributed by atoms with van der Waals surface area (Å²) in [5, 5.41) is 11.5. The third-order valence-electron chi connectivity index (χ3n) is 3.82. The Balaban J connectivity index is 2.15. The van der Waals surface area contributed by atoms with Crippen LogP contribution in [0.1, 0.15) is 10.4 Å². The summed E-state index contributed by atoms with van der Waals surface area (Å²) in [5.74, 6) is -1.96. The largest absolute Gasteiger partial charge is 0.480 e. The van der Waals surface area contributed by atoms with Crippen molar-refractivity contribution in [1.29, 1.82) is 0 Å². The molecule has 0 radical (unpaired) electrons. The van der Waals surface area contributed by atoms with Gasteiger partial charge in [0.2, 0.25) is 5.91 Å². The van der Waals surface area contributed by atoms with Crippen LogP contribution in [-0.4, -0.2) is 31.9 Å². The Morgan fingerprint density at radius 3 is 2.32 bits per heavy atom. The third kappa shape index (κ3) is 3.93. The molecule has 1 aromatic heterocycles. The van der Waals surface area contributed by atoms with Gasteiger partial charge in [-0.2, -0.15) is 0 Å². The highest BCUT2D eigenvalue weighted by Gasteiger charge is 2.28. The number of primary amides is 1. The summed E-state index contributed by atoms with van der Waals surface area (Å²) in [4.78, 5) is 22.6. The third-order valence-corrected chi connectivity index (χ3v) is 6.95. The van der Waals surface area contributed by atoms with Crippen molar-refractivity contribution in [2.45, 2.75) is 4.90 Å². The minimum absolute atomic E-state index is 0.0983. The van der Waals surface area contributed by atoms with E-state index in [0.29, 0.717) is 15.6 Å². The van der Waals surface area contributed by atoms with Gasteiger partial charge in [-0.25, -0.2) is 8.42 Å². The summed E-state index contributed by atoms with van der Waals surface area (Å²) in [5.41, 5.74) is 5.74. The second-order valence-electron chi connectivity index (χ2n) is 5.70. The zero-order chi connectivity index (χ0) is 20.6. The van der Waals surface area contributed by atoms with E-state index in [1.54, 1.807) is 5.38 Å². The van der Waals surface area contributed by atoms with Crippen molar-refractivity contribution >= 4 is 72.2 Å². The molecule has 0 bridgehead atoms. The Hall–Kier alpha value is -2.33. The van der Waals surface area contributed by atoms with Crippen molar-refractivity contribution in [3.05, 3.63) is 57.4 Å². The average Bonchev–Trinajstić information content (AvgIpc) is 3.01. The molecule has 2 aromatic carbocycles. The number of fused-ring (bicyclic) bond motifs is 1. The molecule has 3 rings (SSSR count). The Labute approximate surface area is 173 Å². The molecule has 1 heterocycles. The highest BCUT2D eigenvalue weighted by molar-refractivity contribution is 7.92. The summed E-state index contributed by atoms with van der Waals surface area (Å²) in [6.45, 7) is -0.813. The number of carbonyl (C=O) groups excluding carboxylic acids is 1. The number of nitrogens with two attached hydrogens (primary N) is 1. The number of aliphatic carboxylic acids is 1. The SMILES string of the molecule is NC(=O)c1csc2cc(N(CC(=O)O)S(=O)(=O)c3cc(Cl)cc(Cl)c3)ccc12. The van der Waals surface area contributed by atoms with E-state index in [4.69, 9.17) is 28.9 Å². The van der Waals surface area contributed by atoms with Gasteiger partial charge in [0.1, 0.15) is 6.54 Å². The van der Waals surface area contributed by atoms with Gasteiger partial charge in [-0.3, -0.25) is 13.9 Å². The molecule has 0 saturated carbocycles. The van der Waals surface area contributed by atoms with E-state index in [9.17, 15) is 23.1 Å². The van der Waals surface area contributed by atoms with Crippen LogP contribution in [0.15, 0.2) is 46.7 Å². The van der Waals surface area contributed by atoms with Crippen molar-refractivity contribution in [2.24, 2.45) is 5.73 Å². The van der Waals surface area contributed by atoms with Gasteiger partial charge in [0.15, 0.2) is 0 Å². The van der Waals surface area contributed by atoms with Crippen LogP contribution in [0.5, 0.6) is 0 Å². The number of hydrogen-bond acceptors (Lipinski definition) is 5. The first kappa shape index (κ1) is 20.4. The molecule has 0 atom stereocenters. The number of carbonyl (C=O) groups is 2. The van der Waals surface area contributed by atoms with Gasteiger partial charge in [0, 0.05) is 25.5 Å². The molecular weight excluding hydrogens is 447 g/mol. The van der Waals surface area contributed by atoms with Gasteiger partial charge < -0.3 is 10.8 Å². The van der Waals surface area contributed by atoms with E-state index in [0.717, 1.165) is 4.31 Å². The van der Waals surface area contributed by atoms with E-state index in [-0.39, 0.29) is 20.6 Å². The Bertz CT molecular complexity index is 1190. The molecule has 146 valence electrons. The Morgan fingerprint density at radius 2 is 1.75 bits per heavy atom. The monoisotopic (exact) mass is 458 g/mol. The zero-order valence-corrected chi connectivity index (χ0v) is 17.1. The fraction of sp³-hybridized carbons (Fsp3) is 0.0588. The fourth-order valence-electron chi connectivity index (χ4n) is 2.61. The zero-order valence-electron chi connectivity index (χ0n) is 13.9. The lowest BCUT2D eigenvalue weighted by Crippen LogP contribution is -2.35. The molecule has 7 nitrogen and oxygen atoms in total. The molecule has 0 spiro atoms. The number of halogens is 2. The van der Waals surface area contributed by atoms with E-state index in [1.807, 2.05) is 0 Å². The normalized spacial score (nSPS) is 11.5. The quantitative estimate of drug-likeness (QED) is 0.584. The molecule has 0 unspecified atom stereocenters. The topological polar surface area (TPSA) is 118 Å². The lowest BCUT2D eigenvalue weighted by atomic mass is 10.1. The molecule has 0 fully saturated rings. The second kappa shape index (κ2) is 7.59. The molecule has 1 amide bonds. The Morgan fingerprint density at radius 1 is 1.11 bits per heavy atom. The number of sulfonamides is 1. The molecule has 28 heavy (non-hydrogen) atoms. The van der Waals surface area contributed by atoms with Crippen LogP contribution in [0.4, 0.5) is 5.69 Å². The predicted octanol–water partition coefficient (Wildman–Crippen LogP) is 3.59. The first-order valence-corrected chi connectivity index (χ1v) is 10.7. The van der Waals surface area contributed by atoms with Crippen LogP contribution in [0.25, 0.3) is 10.1 Å². The summed E-state index contributed by atoms with van der Waals surface area (Å²) >= 11 is 13.0. The molecule has 0 saturated heterocycles. The van der Waals surface area contributed by atoms with E-state index in [2.05, 4.69) is 0 Å². The van der Waals surface area contributed by atoms with Crippen molar-refractivity contribution in [2.75, 3.05) is 10.8 Å². The maximum Gasteiger partial charge on any atom is 0.324 e. The van der Waals surface area contributed by atoms with Gasteiger partial charge in [-0.05, 0) is 30.3 Å². The molecule has 3 N–H and O–H groups in total. The van der Waals surface area contributed by atoms with E-state index < -0.39 is 28.4 Å². The number of anilines is 1. The fourth-order valence-corrected chi connectivity index (χ4v) is 5.72. The van der Waals surface area contributed by atoms with Crippen LogP contribution in [0.3, 0.4) is 0 Å². The molecule has 3 aromatic rings. The van der Waals surface area contributed by atoms with Crippen LogP contribution in [-0.2, 0) is 14.8 Å². The molecule has 0 aliphatic rings. The summed E-state index contributed by atoms with van der Waals surface area (Å²) < 4.78 is 27.5. The molecule has 0 aliphatic carbocycles. The molecular formula is C17H12Cl2N2O5S2. The van der Waals surface area contributed by atoms with Gasteiger partial charge in [0.25, 0.3) is 10.0 Å². The van der Waals surface area contributed by atoms with Crippen molar-refractivity contribution < 1.29 is 23.1 Å². The van der Waals surface area contributed by atoms with Gasteiger partial charge in [-0.1, -0.05) is 29.3 Å². The lowest BCUT2D eigenvalue weighted by Gasteiger charge is -2.23. The van der Waals surface area contributed by atoms with Crippen molar-refractivity contribution in [3.63, 3.8) is 0 Å². The van der Waals surface area contributed by atoms with Crippen LogP contribution >= 0.6 is 34.5 Å². The second-order valence-corrected chi connectivity index (χ2v) is 9.35. The summed E-state index contributed by atoms with van der Waals surface area (Å²) in [6.07, 6.45) is 0. The van der Waals surface area contributed by atoms with Crippen molar-refractivity contribution in [3.8, 4) is 0 Å². The first-order chi connectivity index (χ1) is 13.1. The smallest absolute Gasteiger partial charge is 0.324 e. The van der Waals surface area contributed by atoms with Crippen molar-refractivity contribution in [1.82, 2.24) is 0 Å². The maximum atomic E-state index is 13.1. The number of benzene rings is 2. The number of nitrogens with zero attached hydrogens (tertiary/aromatic N) is 1. The number of rotatable bonds is 6. The highest BCUT2D eigenvalue weighted by atomic mass is 35.5. The van der Waals surface area contributed by atoms with E-state index >= 15 is 0 Å². The van der Waals surface area contributed by atoms with Crippen LogP contribution in [0.2, 0.25) is 10.0 Å². The van der Waals surface area contributed by atoms with Crippen LogP contribution < -0.4 is 10.0 Å². The van der Waals surface area contributed by atoms with Crippen LogP contribution in [0, 0.1) is 0 Å². The number of amides is 1. The minimum atomic E-state index is -4.28. The number of thiophene rings is 1. The summed E-state index contributed by atoms with van der Waals surface area (Å²) in [6, 6.07) is 8.16. The molecule has 11 heteroatoms. The average molecular weight is 459 g/mol. The maximum absolute atomic E-state index is 13.1. The number of hydrogen-bond donors (Lipinski definition) is 2. The van der Waals surface area contributed by atoms with Gasteiger partial charge in [-0.15, -0.1) is 11.3 Å². The number of carboxylic acids is 1. The minimum Gasteiger partial charge on any atom is -0.480 e. The Kier molecular flexibility index (Phi) is 5.53. The highest BCUT2D eigenvalue weighted by Crippen LogP contribution is 2.33. The standard InChI is InChI=1S/C17H12Cl2N2O5S2/c18-9-3-10(19)5-12(4-9)28(25,26)21(7-16(22)23)11-1-2-13-14(17(20)24)8-27-15(13)6-11/h1-6,8H,7H2,(H2,20,24)(H,22,23). The first-order valence-electron chi connectivity index (χ1n) is 7.61. The molecule has 0 aliphatic heterocycles. The van der Waals surface area contributed by atoms with E-state index in [1.165, 1.54) is 47.7 Å². The van der Waals surface area contributed by atoms with Gasteiger partial charge in [0.05, 0.1) is 16.1 Å². The summed E-state index contributed by atoms with van der Waals surface area (Å²) in [7, 11) is -4.28. The lowest BCUT2D eigenvalue weighted by molar-refractivity contribution is -0.135. The number of carboxylic acid groups (broad SMARTS) is 1. The predicted molar refractivity (Wildman–Crippen MR) is 109 cm³/mol. The van der Waals surface area contributed by atoms with Gasteiger partial charge >= 0.3 is 5.97 Å².